The number of hydrogen-bond acceptors (Lipinski definition) is 5. The van der Waals surface area contributed by atoms with E-state index in [2.05, 4.69) is 22.4 Å². The van der Waals surface area contributed by atoms with Crippen molar-refractivity contribution in [2.24, 2.45) is 0 Å². The highest BCUT2D eigenvalue weighted by molar-refractivity contribution is 6.05. The van der Waals surface area contributed by atoms with E-state index < -0.39 is 0 Å². The van der Waals surface area contributed by atoms with Crippen molar-refractivity contribution in [2.75, 3.05) is 23.4 Å². The minimum atomic E-state index is -0.207. The number of ether oxygens (including phenoxy) is 1. The molecule has 0 aliphatic heterocycles. The summed E-state index contributed by atoms with van der Waals surface area (Å²) < 4.78 is 5.80. The molecule has 32 heavy (non-hydrogen) atoms. The zero-order valence-corrected chi connectivity index (χ0v) is 17.5. The van der Waals surface area contributed by atoms with Gasteiger partial charge in [0.2, 0.25) is 0 Å². The van der Waals surface area contributed by atoms with Crippen LogP contribution in [-0.4, -0.2) is 17.5 Å². The largest absolute Gasteiger partial charge is 0.493 e. The lowest BCUT2D eigenvalue weighted by Crippen LogP contribution is -2.12. The summed E-state index contributed by atoms with van der Waals surface area (Å²) >= 11 is 0. The first-order chi connectivity index (χ1) is 15.6. The number of pyridine rings is 1. The third-order valence-electron chi connectivity index (χ3n) is 5.02. The minimum absolute atomic E-state index is 0.207. The normalized spacial score (nSPS) is 10.5. The van der Waals surface area contributed by atoms with E-state index in [0.29, 0.717) is 23.5 Å². The highest BCUT2D eigenvalue weighted by atomic mass is 16.5. The summed E-state index contributed by atoms with van der Waals surface area (Å²) in [5, 5.41) is 2.91. The van der Waals surface area contributed by atoms with Gasteiger partial charge in [0.25, 0.3) is 5.91 Å². The van der Waals surface area contributed by atoms with E-state index in [9.17, 15) is 4.79 Å². The number of nitrogens with one attached hydrogen (secondary N) is 1. The van der Waals surface area contributed by atoms with Crippen LogP contribution in [-0.2, 0) is 6.42 Å². The fourth-order valence-corrected chi connectivity index (χ4v) is 3.26. The van der Waals surface area contributed by atoms with E-state index in [4.69, 9.17) is 16.2 Å². The van der Waals surface area contributed by atoms with E-state index >= 15 is 0 Å². The fraction of sp³-hybridized carbons (Fsp3) is 0.0769. The summed E-state index contributed by atoms with van der Waals surface area (Å²) in [6.45, 7) is 0.590. The maximum absolute atomic E-state index is 12.7. The average molecular weight is 425 g/mol. The van der Waals surface area contributed by atoms with Crippen LogP contribution in [0.15, 0.2) is 91.1 Å². The van der Waals surface area contributed by atoms with Crippen molar-refractivity contribution in [1.29, 1.82) is 0 Å². The molecule has 160 valence electrons. The molecule has 0 atom stereocenters. The van der Waals surface area contributed by atoms with Gasteiger partial charge in [0, 0.05) is 29.4 Å². The lowest BCUT2D eigenvalue weighted by Gasteiger charge is -2.10. The molecular weight excluding hydrogens is 400 g/mol. The first-order valence-electron chi connectivity index (χ1n) is 10.3. The quantitative estimate of drug-likeness (QED) is 0.396. The van der Waals surface area contributed by atoms with Crippen molar-refractivity contribution in [1.82, 2.24) is 4.98 Å². The zero-order valence-electron chi connectivity index (χ0n) is 17.5. The Kier molecular flexibility index (Phi) is 6.32. The average Bonchev–Trinajstić information content (AvgIpc) is 2.83. The number of amides is 1. The lowest BCUT2D eigenvalue weighted by molar-refractivity contribution is 0.102. The molecule has 1 heterocycles. The van der Waals surface area contributed by atoms with Crippen molar-refractivity contribution in [2.45, 2.75) is 6.42 Å². The third kappa shape index (κ3) is 5.23. The maximum Gasteiger partial charge on any atom is 0.255 e. The lowest BCUT2D eigenvalue weighted by atomic mass is 10.0. The van der Waals surface area contributed by atoms with Crippen molar-refractivity contribution in [3.8, 4) is 16.9 Å². The van der Waals surface area contributed by atoms with E-state index in [1.807, 2.05) is 54.6 Å². The number of nitrogens with zero attached hydrogens (tertiary/aromatic N) is 1. The molecule has 0 saturated heterocycles. The van der Waals surface area contributed by atoms with Crippen molar-refractivity contribution >= 4 is 23.1 Å². The molecule has 0 aliphatic carbocycles. The standard InChI is InChI=1S/C26H24N4O2/c27-24-16-21(17-29-25(24)28)19-7-4-8-20(15-19)26(31)30-22-9-11-23(12-10-22)32-14-13-18-5-2-1-3-6-18/h1-12,15-17H,13-14,27H2,(H2,28,29)(H,30,31). The highest BCUT2D eigenvalue weighted by Crippen LogP contribution is 2.24. The second-order valence-corrected chi connectivity index (χ2v) is 7.34. The van der Waals surface area contributed by atoms with Crippen LogP contribution >= 0.6 is 0 Å². The van der Waals surface area contributed by atoms with Crippen LogP contribution < -0.4 is 21.5 Å². The second kappa shape index (κ2) is 9.66. The van der Waals surface area contributed by atoms with Gasteiger partial charge in [-0.2, -0.15) is 0 Å². The van der Waals surface area contributed by atoms with Gasteiger partial charge >= 0.3 is 0 Å². The summed E-state index contributed by atoms with van der Waals surface area (Å²) in [5.41, 5.74) is 16.0. The summed E-state index contributed by atoms with van der Waals surface area (Å²) in [7, 11) is 0. The molecule has 3 aromatic carbocycles. The molecule has 4 rings (SSSR count). The van der Waals surface area contributed by atoms with Crippen LogP contribution in [0.4, 0.5) is 17.2 Å². The molecule has 6 heteroatoms. The summed E-state index contributed by atoms with van der Waals surface area (Å²) in [6, 6.07) is 26.5. The molecular formula is C26H24N4O2. The Morgan fingerprint density at radius 3 is 2.41 bits per heavy atom. The summed E-state index contributed by atoms with van der Waals surface area (Å²) in [5.74, 6) is 0.838. The smallest absolute Gasteiger partial charge is 0.255 e. The van der Waals surface area contributed by atoms with Crippen molar-refractivity contribution in [3.05, 3.63) is 102 Å². The van der Waals surface area contributed by atoms with Gasteiger partial charge < -0.3 is 21.5 Å². The SMILES string of the molecule is Nc1cc(-c2cccc(C(=O)Nc3ccc(OCCc4ccccc4)cc3)c2)cnc1N. The molecule has 0 unspecified atom stereocenters. The maximum atomic E-state index is 12.7. The van der Waals surface area contributed by atoms with E-state index in [0.717, 1.165) is 23.3 Å². The topological polar surface area (TPSA) is 103 Å². The predicted octanol–water partition coefficient (Wildman–Crippen LogP) is 4.79. The highest BCUT2D eigenvalue weighted by Gasteiger charge is 2.09. The number of carbonyl (C=O) groups is 1. The Morgan fingerprint density at radius 1 is 0.875 bits per heavy atom. The molecule has 0 aliphatic rings. The van der Waals surface area contributed by atoms with Crippen LogP contribution in [0.3, 0.4) is 0 Å². The molecule has 0 saturated carbocycles. The molecule has 1 aromatic heterocycles. The number of nitrogen functional groups attached to an aromatic ring is 2. The van der Waals surface area contributed by atoms with Crippen molar-refractivity contribution in [3.63, 3.8) is 0 Å². The number of carbonyl (C=O) groups excluding carboxylic acids is 1. The Bertz CT molecular complexity index is 1210. The number of anilines is 3. The first-order valence-corrected chi connectivity index (χ1v) is 10.3. The van der Waals surface area contributed by atoms with Gasteiger partial charge in [0.1, 0.15) is 11.6 Å². The summed E-state index contributed by atoms with van der Waals surface area (Å²) in [4.78, 5) is 16.8. The van der Waals surface area contributed by atoms with E-state index in [-0.39, 0.29) is 11.7 Å². The van der Waals surface area contributed by atoms with Gasteiger partial charge in [-0.25, -0.2) is 4.98 Å². The van der Waals surface area contributed by atoms with Gasteiger partial charge in [-0.3, -0.25) is 4.79 Å². The zero-order chi connectivity index (χ0) is 22.3. The number of benzene rings is 3. The molecule has 5 N–H and O–H groups in total. The summed E-state index contributed by atoms with van der Waals surface area (Å²) in [6.07, 6.45) is 2.48. The van der Waals surface area contributed by atoms with Crippen molar-refractivity contribution < 1.29 is 9.53 Å². The van der Waals surface area contributed by atoms with Gasteiger partial charge in [-0.05, 0) is 53.6 Å². The number of rotatable bonds is 7. The Hall–Kier alpha value is -4.32. The van der Waals surface area contributed by atoms with Gasteiger partial charge in [-0.1, -0.05) is 42.5 Å². The predicted molar refractivity (Wildman–Crippen MR) is 129 cm³/mol. The number of hydrogen-bond donors (Lipinski definition) is 3. The van der Waals surface area contributed by atoms with Crippen LogP contribution in [0.2, 0.25) is 0 Å². The Morgan fingerprint density at radius 2 is 1.66 bits per heavy atom. The van der Waals surface area contributed by atoms with Crippen LogP contribution in [0.25, 0.3) is 11.1 Å². The van der Waals surface area contributed by atoms with E-state index in [1.54, 1.807) is 24.4 Å². The second-order valence-electron chi connectivity index (χ2n) is 7.34. The van der Waals surface area contributed by atoms with Crippen LogP contribution in [0, 0.1) is 0 Å². The van der Waals surface area contributed by atoms with Crippen LogP contribution in [0.1, 0.15) is 15.9 Å². The molecule has 0 fully saturated rings. The van der Waals surface area contributed by atoms with E-state index in [1.165, 1.54) is 5.56 Å². The molecule has 4 aromatic rings. The molecule has 0 spiro atoms. The Balaban J connectivity index is 1.37. The molecule has 0 radical (unpaired) electrons. The molecule has 0 bridgehead atoms. The number of nitrogens with two attached hydrogens (primary N) is 2. The minimum Gasteiger partial charge on any atom is -0.493 e. The first kappa shape index (κ1) is 20.9. The monoisotopic (exact) mass is 424 g/mol. The third-order valence-corrected chi connectivity index (χ3v) is 5.02. The van der Waals surface area contributed by atoms with Gasteiger partial charge in [-0.15, -0.1) is 0 Å². The van der Waals surface area contributed by atoms with Crippen LogP contribution in [0.5, 0.6) is 5.75 Å². The van der Waals surface area contributed by atoms with Gasteiger partial charge in [0.15, 0.2) is 0 Å². The van der Waals surface area contributed by atoms with Gasteiger partial charge in [0.05, 0.1) is 12.3 Å². The fourth-order valence-electron chi connectivity index (χ4n) is 3.26. The molecule has 6 nitrogen and oxygen atoms in total. The number of aromatic nitrogens is 1. The molecule has 1 amide bonds. The Labute approximate surface area is 186 Å².